The van der Waals surface area contributed by atoms with E-state index in [4.69, 9.17) is 0 Å². The molecular weight excluding hydrogens is 210 g/mol. The first-order valence-electron chi connectivity index (χ1n) is 6.58. The highest BCUT2D eigenvalue weighted by Crippen LogP contribution is 2.11. The molecule has 1 saturated heterocycles. The third-order valence-corrected chi connectivity index (χ3v) is 3.63. The quantitative estimate of drug-likeness (QED) is 0.865. The van der Waals surface area contributed by atoms with Gasteiger partial charge in [-0.2, -0.15) is 0 Å². The van der Waals surface area contributed by atoms with Crippen molar-refractivity contribution in [3.8, 4) is 0 Å². The first kappa shape index (κ1) is 12.5. The third kappa shape index (κ3) is 3.79. The van der Waals surface area contributed by atoms with Crippen LogP contribution >= 0.6 is 0 Å². The maximum Gasteiger partial charge on any atom is 0.0570 e. The molecule has 0 aliphatic carbocycles. The standard InChI is InChI=1S/C14H23N3/c1-12-5-3-8-15-14(12)11-16-13-6-4-9-17(2)10-7-13/h3,5,8,13,16H,4,6-7,9-11H2,1-2H3. The van der Waals surface area contributed by atoms with Crippen LogP contribution in [-0.2, 0) is 6.54 Å². The van der Waals surface area contributed by atoms with Crippen molar-refractivity contribution < 1.29 is 0 Å². The molecule has 1 aromatic rings. The molecule has 0 radical (unpaired) electrons. The number of rotatable bonds is 3. The Kier molecular flexibility index (Phi) is 4.51. The minimum Gasteiger partial charge on any atom is -0.308 e. The summed E-state index contributed by atoms with van der Waals surface area (Å²) >= 11 is 0. The summed E-state index contributed by atoms with van der Waals surface area (Å²) in [5, 5.41) is 3.65. The molecule has 1 fully saturated rings. The average molecular weight is 233 g/mol. The maximum absolute atomic E-state index is 4.43. The predicted octanol–water partition coefficient (Wildman–Crippen LogP) is 1.96. The van der Waals surface area contributed by atoms with E-state index in [-0.39, 0.29) is 0 Å². The maximum atomic E-state index is 4.43. The molecule has 1 aliphatic rings. The predicted molar refractivity (Wildman–Crippen MR) is 70.9 cm³/mol. The first-order valence-corrected chi connectivity index (χ1v) is 6.58. The lowest BCUT2D eigenvalue weighted by atomic mass is 10.1. The van der Waals surface area contributed by atoms with Crippen molar-refractivity contribution in [3.63, 3.8) is 0 Å². The number of aromatic nitrogens is 1. The number of aryl methyl sites for hydroxylation is 1. The van der Waals surface area contributed by atoms with Crippen LogP contribution in [0.25, 0.3) is 0 Å². The van der Waals surface area contributed by atoms with E-state index in [2.05, 4.69) is 35.2 Å². The average Bonchev–Trinajstić information content (AvgIpc) is 2.53. The van der Waals surface area contributed by atoms with E-state index in [0.717, 1.165) is 6.54 Å². The van der Waals surface area contributed by atoms with E-state index in [1.165, 1.54) is 43.6 Å². The minimum absolute atomic E-state index is 0.654. The molecule has 0 bridgehead atoms. The third-order valence-electron chi connectivity index (χ3n) is 3.63. The fourth-order valence-electron chi connectivity index (χ4n) is 2.39. The van der Waals surface area contributed by atoms with Crippen LogP contribution in [0.5, 0.6) is 0 Å². The molecule has 1 aromatic heterocycles. The largest absolute Gasteiger partial charge is 0.308 e. The Morgan fingerprint density at radius 1 is 1.41 bits per heavy atom. The van der Waals surface area contributed by atoms with Gasteiger partial charge >= 0.3 is 0 Å². The molecule has 2 heterocycles. The second kappa shape index (κ2) is 6.12. The number of hydrogen-bond donors (Lipinski definition) is 1. The number of hydrogen-bond acceptors (Lipinski definition) is 3. The molecule has 0 aromatic carbocycles. The summed E-state index contributed by atoms with van der Waals surface area (Å²) < 4.78 is 0. The SMILES string of the molecule is Cc1cccnc1CNC1CCCN(C)CC1. The number of nitrogens with zero attached hydrogens (tertiary/aromatic N) is 2. The van der Waals surface area contributed by atoms with Gasteiger partial charge in [-0.05, 0) is 58.0 Å². The van der Waals surface area contributed by atoms with Crippen molar-refractivity contribution in [2.75, 3.05) is 20.1 Å². The van der Waals surface area contributed by atoms with Gasteiger partial charge in [-0.3, -0.25) is 4.98 Å². The molecule has 17 heavy (non-hydrogen) atoms. The van der Waals surface area contributed by atoms with Crippen LogP contribution in [0, 0.1) is 6.92 Å². The summed E-state index contributed by atoms with van der Waals surface area (Å²) in [6, 6.07) is 4.78. The molecule has 1 aliphatic heterocycles. The van der Waals surface area contributed by atoms with Crippen molar-refractivity contribution in [1.82, 2.24) is 15.2 Å². The van der Waals surface area contributed by atoms with E-state index in [0.29, 0.717) is 6.04 Å². The van der Waals surface area contributed by atoms with Crippen LogP contribution in [-0.4, -0.2) is 36.1 Å². The van der Waals surface area contributed by atoms with Crippen molar-refractivity contribution >= 4 is 0 Å². The van der Waals surface area contributed by atoms with Gasteiger partial charge in [0.25, 0.3) is 0 Å². The van der Waals surface area contributed by atoms with Crippen LogP contribution in [0.1, 0.15) is 30.5 Å². The Labute approximate surface area is 104 Å². The second-order valence-corrected chi connectivity index (χ2v) is 5.08. The fourth-order valence-corrected chi connectivity index (χ4v) is 2.39. The molecule has 1 unspecified atom stereocenters. The molecule has 94 valence electrons. The van der Waals surface area contributed by atoms with Crippen molar-refractivity contribution in [2.45, 2.75) is 38.8 Å². The van der Waals surface area contributed by atoms with Gasteiger partial charge in [0, 0.05) is 18.8 Å². The Morgan fingerprint density at radius 2 is 2.29 bits per heavy atom. The zero-order valence-electron chi connectivity index (χ0n) is 10.9. The lowest BCUT2D eigenvalue weighted by Crippen LogP contribution is -2.30. The first-order chi connectivity index (χ1) is 8.25. The number of pyridine rings is 1. The summed E-state index contributed by atoms with van der Waals surface area (Å²) in [5.41, 5.74) is 2.47. The highest BCUT2D eigenvalue weighted by Gasteiger charge is 2.14. The zero-order valence-corrected chi connectivity index (χ0v) is 10.9. The molecule has 0 spiro atoms. The molecule has 1 atom stereocenters. The van der Waals surface area contributed by atoms with Gasteiger partial charge in [0.05, 0.1) is 5.69 Å². The summed E-state index contributed by atoms with van der Waals surface area (Å²) in [6.07, 6.45) is 5.72. The van der Waals surface area contributed by atoms with Gasteiger partial charge in [-0.25, -0.2) is 0 Å². The number of likely N-dealkylation sites (tertiary alicyclic amines) is 1. The monoisotopic (exact) mass is 233 g/mol. The smallest absolute Gasteiger partial charge is 0.0570 e. The van der Waals surface area contributed by atoms with E-state index in [9.17, 15) is 0 Å². The Bertz CT molecular complexity index is 351. The van der Waals surface area contributed by atoms with E-state index in [1.54, 1.807) is 0 Å². The van der Waals surface area contributed by atoms with Crippen molar-refractivity contribution in [3.05, 3.63) is 29.6 Å². The Morgan fingerprint density at radius 3 is 3.12 bits per heavy atom. The van der Waals surface area contributed by atoms with Gasteiger partial charge in [-0.15, -0.1) is 0 Å². The Hall–Kier alpha value is -0.930. The van der Waals surface area contributed by atoms with Crippen LogP contribution in [0.15, 0.2) is 18.3 Å². The van der Waals surface area contributed by atoms with E-state index >= 15 is 0 Å². The second-order valence-electron chi connectivity index (χ2n) is 5.08. The summed E-state index contributed by atoms with van der Waals surface area (Å²) in [6.45, 7) is 5.48. The number of nitrogens with one attached hydrogen (secondary N) is 1. The molecule has 0 amide bonds. The summed E-state index contributed by atoms with van der Waals surface area (Å²) in [5.74, 6) is 0. The Balaban J connectivity index is 1.83. The summed E-state index contributed by atoms with van der Waals surface area (Å²) in [4.78, 5) is 6.85. The molecular formula is C14H23N3. The van der Waals surface area contributed by atoms with Crippen LogP contribution < -0.4 is 5.32 Å². The van der Waals surface area contributed by atoms with Gasteiger partial charge in [-0.1, -0.05) is 6.07 Å². The van der Waals surface area contributed by atoms with Gasteiger partial charge < -0.3 is 10.2 Å². The zero-order chi connectivity index (χ0) is 12.1. The van der Waals surface area contributed by atoms with Gasteiger partial charge in [0.1, 0.15) is 0 Å². The lowest BCUT2D eigenvalue weighted by Gasteiger charge is -2.17. The van der Waals surface area contributed by atoms with E-state index < -0.39 is 0 Å². The van der Waals surface area contributed by atoms with E-state index in [1.807, 2.05) is 12.3 Å². The van der Waals surface area contributed by atoms with Crippen molar-refractivity contribution in [2.24, 2.45) is 0 Å². The molecule has 0 saturated carbocycles. The molecule has 3 heteroatoms. The molecule has 2 rings (SSSR count). The van der Waals surface area contributed by atoms with Crippen LogP contribution in [0.4, 0.5) is 0 Å². The highest BCUT2D eigenvalue weighted by molar-refractivity contribution is 5.17. The molecule has 3 nitrogen and oxygen atoms in total. The van der Waals surface area contributed by atoms with Gasteiger partial charge in [0.2, 0.25) is 0 Å². The fraction of sp³-hybridized carbons (Fsp3) is 0.643. The molecule has 1 N–H and O–H groups in total. The van der Waals surface area contributed by atoms with Crippen molar-refractivity contribution in [1.29, 1.82) is 0 Å². The normalized spacial score (nSPS) is 22.4. The van der Waals surface area contributed by atoms with Crippen LogP contribution in [0.3, 0.4) is 0 Å². The van der Waals surface area contributed by atoms with Gasteiger partial charge in [0.15, 0.2) is 0 Å². The lowest BCUT2D eigenvalue weighted by molar-refractivity contribution is 0.343. The van der Waals surface area contributed by atoms with Crippen LogP contribution in [0.2, 0.25) is 0 Å². The summed E-state index contributed by atoms with van der Waals surface area (Å²) in [7, 11) is 2.21. The highest BCUT2D eigenvalue weighted by atomic mass is 15.1. The topological polar surface area (TPSA) is 28.2 Å². The minimum atomic E-state index is 0.654.